The predicted octanol–water partition coefficient (Wildman–Crippen LogP) is 3.62. The molecule has 0 heterocycles. The molecule has 0 atom stereocenters. The topological polar surface area (TPSA) is 82.1 Å². The summed E-state index contributed by atoms with van der Waals surface area (Å²) >= 11 is 0. The summed E-state index contributed by atoms with van der Waals surface area (Å²) in [5.41, 5.74) is 0.0599. The van der Waals surface area contributed by atoms with Crippen molar-refractivity contribution >= 4 is 16.0 Å². The third kappa shape index (κ3) is 6.67. The van der Waals surface area contributed by atoms with Crippen molar-refractivity contribution in [1.29, 1.82) is 0 Å². The summed E-state index contributed by atoms with van der Waals surface area (Å²) < 4.78 is 54.0. The number of ether oxygens (including phenoxy) is 2. The molecule has 9 heteroatoms. The molecule has 0 aliphatic heterocycles. The number of hydrogen-bond acceptors (Lipinski definition) is 6. The van der Waals surface area contributed by atoms with Crippen LogP contribution in [0, 0.1) is 11.2 Å². The van der Waals surface area contributed by atoms with Crippen molar-refractivity contribution in [2.24, 2.45) is 5.41 Å². The third-order valence-electron chi connectivity index (χ3n) is 4.40. The summed E-state index contributed by atoms with van der Waals surface area (Å²) in [7, 11) is -1.26. The molecule has 0 bridgehead atoms. The number of halogens is 1. The van der Waals surface area contributed by atoms with Gasteiger partial charge in [-0.2, -0.15) is 8.42 Å². The molecule has 2 rings (SSSR count). The van der Waals surface area contributed by atoms with Crippen molar-refractivity contribution in [3.63, 3.8) is 0 Å². The smallest absolute Gasteiger partial charge is 0.339 e. The van der Waals surface area contributed by atoms with E-state index >= 15 is 0 Å². The highest BCUT2D eigenvalue weighted by Gasteiger charge is 2.27. The number of carbonyl (C=O) groups is 1. The predicted molar refractivity (Wildman–Crippen MR) is 114 cm³/mol. The minimum absolute atomic E-state index is 0.0285. The van der Waals surface area contributed by atoms with Gasteiger partial charge in [-0.3, -0.25) is 4.79 Å². The highest BCUT2D eigenvalue weighted by atomic mass is 32.2. The molecule has 1 amide bonds. The molecule has 7 nitrogen and oxygen atoms in total. The quantitative estimate of drug-likeness (QED) is 0.540. The minimum atomic E-state index is -4.21. The molecule has 0 unspecified atom stereocenters. The molecule has 0 saturated carbocycles. The normalized spacial score (nSPS) is 11.8. The van der Waals surface area contributed by atoms with Gasteiger partial charge in [0.15, 0.2) is 11.5 Å². The van der Waals surface area contributed by atoms with Crippen LogP contribution in [0.5, 0.6) is 11.5 Å². The fourth-order valence-corrected chi connectivity index (χ4v) is 3.73. The van der Waals surface area contributed by atoms with Gasteiger partial charge in [0.1, 0.15) is 10.7 Å². The summed E-state index contributed by atoms with van der Waals surface area (Å²) in [6.07, 6.45) is 0. The van der Waals surface area contributed by atoms with Crippen molar-refractivity contribution in [3.8, 4) is 11.5 Å². The first kappa shape index (κ1) is 24.6. The molecule has 170 valence electrons. The van der Waals surface area contributed by atoms with E-state index in [-0.39, 0.29) is 28.8 Å². The van der Waals surface area contributed by atoms with Crippen LogP contribution in [0.4, 0.5) is 4.39 Å². The Hall–Kier alpha value is -2.65. The number of carbonyl (C=O) groups excluding carboxylic acids is 1. The number of nitrogens with zero attached hydrogens (tertiary/aromatic N) is 1. The number of methoxy groups -OCH3 is 2. The van der Waals surface area contributed by atoms with E-state index in [1.807, 2.05) is 20.8 Å². The molecule has 2 aromatic rings. The molecule has 0 aliphatic rings. The average Bonchev–Trinajstić information content (AvgIpc) is 2.70. The molecule has 2 aromatic carbocycles. The lowest BCUT2D eigenvalue weighted by Crippen LogP contribution is -2.40. The molecule has 0 saturated heterocycles. The van der Waals surface area contributed by atoms with Gasteiger partial charge in [0.05, 0.1) is 13.7 Å². The van der Waals surface area contributed by atoms with Crippen molar-refractivity contribution in [2.75, 3.05) is 27.4 Å². The molecular weight excluding hydrogens is 425 g/mol. The van der Waals surface area contributed by atoms with Crippen LogP contribution in [0.25, 0.3) is 0 Å². The van der Waals surface area contributed by atoms with E-state index in [4.69, 9.17) is 13.7 Å². The van der Waals surface area contributed by atoms with Crippen molar-refractivity contribution in [2.45, 2.75) is 32.2 Å². The zero-order valence-corrected chi connectivity index (χ0v) is 19.2. The highest BCUT2D eigenvalue weighted by molar-refractivity contribution is 7.87. The zero-order chi connectivity index (χ0) is 23.2. The Morgan fingerprint density at radius 3 is 2.23 bits per heavy atom. The lowest BCUT2D eigenvalue weighted by atomic mass is 9.94. The van der Waals surface area contributed by atoms with Crippen LogP contribution in [0.2, 0.25) is 0 Å². The Bertz CT molecular complexity index is 1000. The van der Waals surface area contributed by atoms with Crippen molar-refractivity contribution in [1.82, 2.24) is 4.90 Å². The molecular formula is C22H28FNO6S. The monoisotopic (exact) mass is 453 g/mol. The number of rotatable bonds is 9. The second-order valence-electron chi connectivity index (χ2n) is 7.95. The zero-order valence-electron chi connectivity index (χ0n) is 18.3. The van der Waals surface area contributed by atoms with Crippen LogP contribution in [0.1, 0.15) is 26.3 Å². The SMILES string of the molecule is COCCN(Cc1ccc(OC)c(OS(=O)(=O)c2ccc(F)cc2)c1)C(=O)C(C)(C)C. The fourth-order valence-electron chi connectivity index (χ4n) is 2.80. The maximum atomic E-state index is 13.1. The summed E-state index contributed by atoms with van der Waals surface area (Å²) in [6, 6.07) is 9.12. The summed E-state index contributed by atoms with van der Waals surface area (Å²) in [5.74, 6) is -0.445. The van der Waals surface area contributed by atoms with E-state index in [1.54, 1.807) is 24.1 Å². The minimum Gasteiger partial charge on any atom is -0.493 e. The lowest BCUT2D eigenvalue weighted by Gasteiger charge is -2.29. The van der Waals surface area contributed by atoms with E-state index in [0.717, 1.165) is 24.3 Å². The van der Waals surface area contributed by atoms with E-state index in [0.29, 0.717) is 18.7 Å². The Morgan fingerprint density at radius 2 is 1.68 bits per heavy atom. The van der Waals surface area contributed by atoms with E-state index in [1.165, 1.54) is 13.2 Å². The summed E-state index contributed by atoms with van der Waals surface area (Å²) in [5, 5.41) is 0. The van der Waals surface area contributed by atoms with Gasteiger partial charge in [0.25, 0.3) is 0 Å². The second-order valence-corrected chi connectivity index (χ2v) is 9.49. The number of benzene rings is 2. The Balaban J connectivity index is 2.34. The van der Waals surface area contributed by atoms with Crippen LogP contribution in [-0.4, -0.2) is 46.6 Å². The van der Waals surface area contributed by atoms with Crippen LogP contribution < -0.4 is 8.92 Å². The van der Waals surface area contributed by atoms with Crippen LogP contribution >= 0.6 is 0 Å². The number of hydrogen-bond donors (Lipinski definition) is 0. The Labute approximate surface area is 182 Å². The maximum absolute atomic E-state index is 13.1. The Morgan fingerprint density at radius 1 is 1.03 bits per heavy atom. The van der Waals surface area contributed by atoms with Gasteiger partial charge in [-0.15, -0.1) is 0 Å². The van der Waals surface area contributed by atoms with E-state index in [9.17, 15) is 17.6 Å². The van der Waals surface area contributed by atoms with E-state index < -0.39 is 21.4 Å². The van der Waals surface area contributed by atoms with Gasteiger partial charge in [-0.05, 0) is 42.0 Å². The van der Waals surface area contributed by atoms with Crippen molar-refractivity contribution in [3.05, 3.63) is 53.8 Å². The molecule has 0 fully saturated rings. The lowest BCUT2D eigenvalue weighted by molar-refractivity contribution is -0.140. The van der Waals surface area contributed by atoms with Gasteiger partial charge in [0, 0.05) is 25.6 Å². The molecule has 0 radical (unpaired) electrons. The highest BCUT2D eigenvalue weighted by Crippen LogP contribution is 2.32. The van der Waals surface area contributed by atoms with Crippen LogP contribution in [0.15, 0.2) is 47.4 Å². The summed E-state index contributed by atoms with van der Waals surface area (Å²) in [6.45, 7) is 6.45. The van der Waals surface area contributed by atoms with Gasteiger partial charge in [-0.1, -0.05) is 26.8 Å². The van der Waals surface area contributed by atoms with Crippen molar-refractivity contribution < 1.29 is 31.3 Å². The first-order valence-corrected chi connectivity index (χ1v) is 11.0. The molecule has 0 aliphatic carbocycles. The van der Waals surface area contributed by atoms with Gasteiger partial charge >= 0.3 is 10.1 Å². The maximum Gasteiger partial charge on any atom is 0.339 e. The largest absolute Gasteiger partial charge is 0.493 e. The number of amides is 1. The standard InChI is InChI=1S/C22H28FNO6S/c1-22(2,3)21(25)24(12-13-28-4)15-16-6-11-19(29-5)20(14-16)30-31(26,27)18-9-7-17(23)8-10-18/h6-11,14H,12-13,15H2,1-5H3. The first-order chi connectivity index (χ1) is 14.5. The van der Waals surface area contributed by atoms with Gasteiger partial charge < -0.3 is 18.6 Å². The molecule has 0 aromatic heterocycles. The Kier molecular flexibility index (Phi) is 8.02. The van der Waals surface area contributed by atoms with Crippen LogP contribution in [-0.2, 0) is 26.2 Å². The molecule has 31 heavy (non-hydrogen) atoms. The van der Waals surface area contributed by atoms with Gasteiger partial charge in [-0.25, -0.2) is 4.39 Å². The first-order valence-electron chi connectivity index (χ1n) is 9.63. The third-order valence-corrected chi connectivity index (χ3v) is 5.65. The second kappa shape index (κ2) is 10.1. The van der Waals surface area contributed by atoms with E-state index in [2.05, 4.69) is 0 Å². The van der Waals surface area contributed by atoms with Gasteiger partial charge in [0.2, 0.25) is 5.91 Å². The molecule has 0 spiro atoms. The molecule has 0 N–H and O–H groups in total. The fraction of sp³-hybridized carbons (Fsp3) is 0.409. The van der Waals surface area contributed by atoms with Crippen LogP contribution in [0.3, 0.4) is 0 Å². The average molecular weight is 454 g/mol. The summed E-state index contributed by atoms with van der Waals surface area (Å²) in [4.78, 5) is 14.3.